The zero-order chi connectivity index (χ0) is 30.3. The normalized spacial score (nSPS) is 12.5. The predicted octanol–water partition coefficient (Wildman–Crippen LogP) is 7.78. The Morgan fingerprint density at radius 2 is 1.70 bits per heavy atom. The molecule has 3 aromatic heterocycles. The third-order valence-electron chi connectivity index (χ3n) is 6.80. The summed E-state index contributed by atoms with van der Waals surface area (Å²) >= 11 is 7.72. The van der Waals surface area contributed by atoms with Gasteiger partial charge in [-0.2, -0.15) is 5.21 Å². The summed E-state index contributed by atoms with van der Waals surface area (Å²) in [5.41, 5.74) is 6.56. The number of hydrogen-bond acceptors (Lipinski definition) is 8. The quantitative estimate of drug-likeness (QED) is 0.188. The zero-order valence-electron chi connectivity index (χ0n) is 23.8. The summed E-state index contributed by atoms with van der Waals surface area (Å²) in [5.74, 6) is -0.551. The van der Waals surface area contributed by atoms with Gasteiger partial charge in [-0.05, 0) is 79.9 Å². The molecular formula is C32H27ClN6O3S. The van der Waals surface area contributed by atoms with E-state index in [9.17, 15) is 9.90 Å². The molecule has 0 bridgehead atoms. The van der Waals surface area contributed by atoms with Gasteiger partial charge in [0.2, 0.25) is 5.82 Å². The summed E-state index contributed by atoms with van der Waals surface area (Å²) in [7, 11) is 0. The Labute approximate surface area is 256 Å². The first kappa shape index (κ1) is 28.6. The number of rotatable bonds is 7. The number of aryl methyl sites for hydroxylation is 1. The van der Waals surface area contributed by atoms with Gasteiger partial charge in [-0.3, -0.25) is 4.98 Å². The third kappa shape index (κ3) is 5.90. The Kier molecular flexibility index (Phi) is 7.51. The summed E-state index contributed by atoms with van der Waals surface area (Å²) in [6.45, 7) is 7.44. The van der Waals surface area contributed by atoms with Crippen molar-refractivity contribution in [1.29, 1.82) is 0 Å². The van der Waals surface area contributed by atoms with Gasteiger partial charge < -0.3 is 9.84 Å². The maximum Gasteiger partial charge on any atom is 0.337 e. The number of aromatic amines is 1. The van der Waals surface area contributed by atoms with Crippen LogP contribution in [0.4, 0.5) is 0 Å². The second kappa shape index (κ2) is 11.3. The Morgan fingerprint density at radius 1 is 0.977 bits per heavy atom. The van der Waals surface area contributed by atoms with Crippen LogP contribution in [0.25, 0.3) is 54.4 Å². The number of aromatic nitrogens is 6. The number of tetrazole rings is 1. The van der Waals surface area contributed by atoms with E-state index in [1.54, 1.807) is 24.5 Å². The van der Waals surface area contributed by atoms with Crippen molar-refractivity contribution >= 4 is 39.1 Å². The number of nitrogens with one attached hydrogen (secondary N) is 1. The van der Waals surface area contributed by atoms with Crippen LogP contribution >= 0.6 is 22.9 Å². The molecule has 0 spiro atoms. The lowest BCUT2D eigenvalue weighted by atomic mass is 9.91. The molecule has 6 aromatic rings. The van der Waals surface area contributed by atoms with E-state index in [1.807, 2.05) is 76.2 Å². The van der Waals surface area contributed by atoms with E-state index < -0.39 is 17.7 Å². The van der Waals surface area contributed by atoms with Crippen LogP contribution in [0.3, 0.4) is 0 Å². The van der Waals surface area contributed by atoms with Crippen molar-refractivity contribution in [2.75, 3.05) is 0 Å². The second-order valence-corrected chi connectivity index (χ2v) is 12.5. The van der Waals surface area contributed by atoms with Crippen LogP contribution < -0.4 is 0 Å². The molecule has 11 heteroatoms. The number of halogens is 1. The van der Waals surface area contributed by atoms with Crippen molar-refractivity contribution in [3.63, 3.8) is 0 Å². The molecule has 2 N–H and O–H groups in total. The number of pyridine rings is 1. The van der Waals surface area contributed by atoms with Crippen LogP contribution in [-0.4, -0.2) is 47.3 Å². The molecular weight excluding hydrogens is 584 g/mol. The summed E-state index contributed by atoms with van der Waals surface area (Å²) in [6.07, 6.45) is 2.40. The standard InChI is InChI=1S/C32H27ClN6O3S/c1-17-12-24-28(26(18-8-10-23(33)11-9-18)25(17)27(31(40)41)42-32(2,3)4)43-30(35-24)22-14-21(15-34-16-22)19-6-5-7-20(13-19)29-36-38-39-37-29/h5-16,27H,1-4H3,(H,40,41)(H,36,37,38,39)/t27-/m0/s1. The van der Waals surface area contributed by atoms with Gasteiger partial charge in [0.05, 0.1) is 15.8 Å². The molecule has 0 fully saturated rings. The average Bonchev–Trinajstić information content (AvgIpc) is 3.66. The lowest BCUT2D eigenvalue weighted by Crippen LogP contribution is -2.28. The van der Waals surface area contributed by atoms with Crippen molar-refractivity contribution in [1.82, 2.24) is 30.6 Å². The number of aliphatic carboxylic acids is 1. The average molecular weight is 611 g/mol. The fourth-order valence-electron chi connectivity index (χ4n) is 5.00. The van der Waals surface area contributed by atoms with Gasteiger partial charge in [0.1, 0.15) is 5.01 Å². The van der Waals surface area contributed by atoms with Gasteiger partial charge in [-0.1, -0.05) is 41.9 Å². The van der Waals surface area contributed by atoms with E-state index in [-0.39, 0.29) is 0 Å². The van der Waals surface area contributed by atoms with E-state index in [4.69, 9.17) is 21.3 Å². The predicted molar refractivity (Wildman–Crippen MR) is 168 cm³/mol. The minimum absolute atomic E-state index is 0.508. The maximum atomic E-state index is 12.6. The van der Waals surface area contributed by atoms with Gasteiger partial charge in [0.15, 0.2) is 6.10 Å². The number of carbonyl (C=O) groups is 1. The number of hydrogen-bond donors (Lipinski definition) is 2. The van der Waals surface area contributed by atoms with Crippen LogP contribution in [0.2, 0.25) is 5.02 Å². The summed E-state index contributed by atoms with van der Waals surface area (Å²) in [6, 6.07) is 19.2. The van der Waals surface area contributed by atoms with E-state index >= 15 is 0 Å². The molecule has 9 nitrogen and oxygen atoms in total. The number of carboxylic acid groups (broad SMARTS) is 1. The van der Waals surface area contributed by atoms with Gasteiger partial charge in [-0.25, -0.2) is 9.78 Å². The molecule has 3 heterocycles. The van der Waals surface area contributed by atoms with Crippen molar-refractivity contribution in [3.8, 4) is 44.2 Å². The molecule has 216 valence electrons. The lowest BCUT2D eigenvalue weighted by molar-refractivity contribution is -0.160. The Balaban J connectivity index is 1.51. The third-order valence-corrected chi connectivity index (χ3v) is 8.19. The highest BCUT2D eigenvalue weighted by Crippen LogP contribution is 2.44. The first-order valence-electron chi connectivity index (χ1n) is 13.5. The second-order valence-electron chi connectivity index (χ2n) is 11.1. The van der Waals surface area contributed by atoms with Crippen molar-refractivity contribution in [2.24, 2.45) is 0 Å². The number of thiazole rings is 1. The molecule has 43 heavy (non-hydrogen) atoms. The first-order valence-corrected chi connectivity index (χ1v) is 14.7. The molecule has 0 amide bonds. The molecule has 6 rings (SSSR count). The smallest absolute Gasteiger partial charge is 0.337 e. The largest absolute Gasteiger partial charge is 0.479 e. The molecule has 0 unspecified atom stereocenters. The van der Waals surface area contributed by atoms with Gasteiger partial charge in [0.25, 0.3) is 0 Å². The number of carboxylic acids is 1. The lowest BCUT2D eigenvalue weighted by Gasteiger charge is -2.28. The molecule has 0 radical (unpaired) electrons. The minimum atomic E-state index is -1.18. The first-order chi connectivity index (χ1) is 20.6. The van der Waals surface area contributed by atoms with Crippen LogP contribution in [0, 0.1) is 6.92 Å². The fraction of sp³-hybridized carbons (Fsp3) is 0.188. The Morgan fingerprint density at radius 3 is 2.40 bits per heavy atom. The number of nitrogens with zero attached hydrogens (tertiary/aromatic N) is 5. The van der Waals surface area contributed by atoms with E-state index in [2.05, 4.69) is 25.6 Å². The van der Waals surface area contributed by atoms with Gasteiger partial charge in [-0.15, -0.1) is 21.5 Å². The molecule has 0 aliphatic rings. The fourth-order valence-corrected chi connectivity index (χ4v) is 6.23. The van der Waals surface area contributed by atoms with Crippen molar-refractivity contribution < 1.29 is 14.6 Å². The molecule has 3 aromatic carbocycles. The van der Waals surface area contributed by atoms with E-state index in [1.165, 1.54) is 11.3 Å². The molecule has 0 saturated carbocycles. The van der Waals surface area contributed by atoms with Crippen molar-refractivity contribution in [2.45, 2.75) is 39.4 Å². The molecule has 0 saturated heterocycles. The summed E-state index contributed by atoms with van der Waals surface area (Å²) in [4.78, 5) is 22.1. The molecule has 1 atom stereocenters. The highest BCUT2D eigenvalue weighted by Gasteiger charge is 2.32. The molecule has 0 aliphatic heterocycles. The van der Waals surface area contributed by atoms with Crippen LogP contribution in [0.15, 0.2) is 73.1 Å². The highest BCUT2D eigenvalue weighted by molar-refractivity contribution is 7.22. The van der Waals surface area contributed by atoms with Crippen LogP contribution in [-0.2, 0) is 9.53 Å². The SMILES string of the molecule is Cc1cc2nc(-c3cncc(-c4cccc(-c5nn[nH]n5)c4)c3)sc2c(-c2ccc(Cl)cc2)c1[C@H](OC(C)(C)C)C(=O)O. The topological polar surface area (TPSA) is 127 Å². The number of H-pyrrole nitrogens is 1. The van der Waals surface area contributed by atoms with E-state index in [0.29, 0.717) is 16.4 Å². The zero-order valence-corrected chi connectivity index (χ0v) is 25.4. The number of ether oxygens (including phenoxy) is 1. The van der Waals surface area contributed by atoms with Gasteiger partial charge in [0, 0.05) is 45.2 Å². The summed E-state index contributed by atoms with van der Waals surface area (Å²) in [5, 5.41) is 26.0. The minimum Gasteiger partial charge on any atom is -0.479 e. The maximum absolute atomic E-state index is 12.6. The van der Waals surface area contributed by atoms with Gasteiger partial charge >= 0.3 is 5.97 Å². The number of benzene rings is 3. The van der Waals surface area contributed by atoms with Crippen LogP contribution in [0.5, 0.6) is 0 Å². The molecule has 0 aliphatic carbocycles. The monoisotopic (exact) mass is 610 g/mol. The summed E-state index contributed by atoms with van der Waals surface area (Å²) < 4.78 is 6.98. The number of fused-ring (bicyclic) bond motifs is 1. The Bertz CT molecular complexity index is 1950. The highest BCUT2D eigenvalue weighted by atomic mass is 35.5. The van der Waals surface area contributed by atoms with E-state index in [0.717, 1.165) is 54.2 Å². The van der Waals surface area contributed by atoms with Crippen molar-refractivity contribution in [3.05, 3.63) is 89.2 Å². The Hall–Kier alpha value is -4.51. The van der Waals surface area contributed by atoms with Crippen LogP contribution in [0.1, 0.15) is 38.0 Å².